The average molecular weight is 653 g/mol. The molecule has 38 heavy (non-hydrogen) atoms. The normalized spacial score (nSPS) is 18.2. The third-order valence-electron chi connectivity index (χ3n) is 6.45. The number of Topliss-reactive ketones (excluding diaryl/α,β-unsaturated/α-hetero) is 1. The van der Waals surface area contributed by atoms with Gasteiger partial charge in [0, 0.05) is 33.7 Å². The summed E-state index contributed by atoms with van der Waals surface area (Å²) in [5.41, 5.74) is 6.75. The van der Waals surface area contributed by atoms with Gasteiger partial charge < -0.3 is 11.1 Å². The fourth-order valence-corrected chi connectivity index (χ4v) is 5.89. The molecule has 3 aromatic rings. The van der Waals surface area contributed by atoms with Gasteiger partial charge in [0.1, 0.15) is 10.2 Å². The number of carbonyl (C=O) groups excluding carboxylic acids is 2. The van der Waals surface area contributed by atoms with Gasteiger partial charge in [-0.1, -0.05) is 33.6 Å². The number of hydrogen-bond donors (Lipinski definition) is 2. The lowest BCUT2D eigenvalue weighted by Gasteiger charge is -2.12. The minimum Gasteiger partial charge on any atom is -0.399 e. The van der Waals surface area contributed by atoms with E-state index in [9.17, 15) is 27.2 Å². The van der Waals surface area contributed by atoms with Gasteiger partial charge in [-0.2, -0.15) is 13.2 Å². The molecule has 0 aromatic heterocycles. The van der Waals surface area contributed by atoms with Crippen LogP contribution in [-0.4, -0.2) is 16.0 Å². The third-order valence-corrected chi connectivity index (χ3v) is 8.46. The van der Waals surface area contributed by atoms with Gasteiger partial charge >= 0.3 is 6.18 Å². The van der Waals surface area contributed by atoms with Crippen molar-refractivity contribution >= 4 is 73.8 Å². The first-order valence-corrected chi connectivity index (χ1v) is 13.0. The molecule has 4 nitrogen and oxygen atoms in total. The second-order valence-corrected chi connectivity index (χ2v) is 11.6. The lowest BCUT2D eigenvalue weighted by atomic mass is 9.98. The van der Waals surface area contributed by atoms with Crippen LogP contribution in [0.2, 0.25) is 5.02 Å². The molecule has 200 valence electrons. The van der Waals surface area contributed by atoms with Crippen molar-refractivity contribution in [2.24, 2.45) is 5.92 Å². The maximum atomic E-state index is 13.7. The molecule has 0 radical (unpaired) electrons. The number of ketones is 1. The summed E-state index contributed by atoms with van der Waals surface area (Å²) in [6, 6.07) is 10.1. The van der Waals surface area contributed by atoms with Crippen molar-refractivity contribution in [3.8, 4) is 0 Å². The van der Waals surface area contributed by atoms with Gasteiger partial charge in [-0.25, -0.2) is 4.39 Å². The lowest BCUT2D eigenvalue weighted by Crippen LogP contribution is -2.17. The Kier molecular flexibility index (Phi) is 7.80. The summed E-state index contributed by atoms with van der Waals surface area (Å²) in [6.45, 7) is 1.79. The molecule has 0 aliphatic heterocycles. The van der Waals surface area contributed by atoms with E-state index in [0.717, 1.165) is 11.6 Å². The van der Waals surface area contributed by atoms with Gasteiger partial charge in [-0.05, 0) is 66.1 Å². The standard InChI is InChI=1S/C26H18BrCl3F4N2O2/c1-11-14(17(27)4-7-20(11)35)10-21(37)15-9-13(3-5-18(15)28)36-24(38)23-22(25(23,29)30)12-2-6-19(31)16(8-12)26(32,33)34/h2-9,22-23H,10,35H2,1H3,(H,36,38)/t22-,23+/m0/s1. The van der Waals surface area contributed by atoms with Crippen LogP contribution in [0.25, 0.3) is 0 Å². The van der Waals surface area contributed by atoms with E-state index in [0.29, 0.717) is 27.9 Å². The number of halogens is 8. The van der Waals surface area contributed by atoms with Crippen LogP contribution in [-0.2, 0) is 17.4 Å². The zero-order chi connectivity index (χ0) is 28.2. The Balaban J connectivity index is 1.55. The van der Waals surface area contributed by atoms with Crippen LogP contribution in [0.3, 0.4) is 0 Å². The summed E-state index contributed by atoms with van der Waals surface area (Å²) in [5.74, 6) is -4.60. The Hall–Kier alpha value is -2.33. The molecule has 1 aliphatic rings. The summed E-state index contributed by atoms with van der Waals surface area (Å²) in [4.78, 5) is 26.1. The molecule has 1 saturated carbocycles. The second-order valence-electron chi connectivity index (χ2n) is 8.89. The molecule has 0 spiro atoms. The van der Waals surface area contributed by atoms with Gasteiger partial charge in [0.2, 0.25) is 5.91 Å². The molecule has 3 N–H and O–H groups in total. The number of nitrogen functional groups attached to an aromatic ring is 1. The predicted octanol–water partition coefficient (Wildman–Crippen LogP) is 8.10. The minimum atomic E-state index is -4.93. The number of benzene rings is 3. The number of hydrogen-bond acceptors (Lipinski definition) is 3. The van der Waals surface area contributed by atoms with Crippen LogP contribution < -0.4 is 11.1 Å². The Morgan fingerprint density at radius 3 is 2.45 bits per heavy atom. The monoisotopic (exact) mass is 650 g/mol. The smallest absolute Gasteiger partial charge is 0.399 e. The van der Waals surface area contributed by atoms with Gasteiger partial charge in [-0.3, -0.25) is 9.59 Å². The van der Waals surface area contributed by atoms with E-state index in [4.69, 9.17) is 40.5 Å². The number of carbonyl (C=O) groups is 2. The maximum Gasteiger partial charge on any atom is 0.419 e. The zero-order valence-corrected chi connectivity index (χ0v) is 23.3. The predicted molar refractivity (Wildman–Crippen MR) is 143 cm³/mol. The van der Waals surface area contributed by atoms with Crippen molar-refractivity contribution in [3.05, 3.63) is 91.7 Å². The largest absolute Gasteiger partial charge is 0.419 e. The van der Waals surface area contributed by atoms with Crippen molar-refractivity contribution in [3.63, 3.8) is 0 Å². The first-order chi connectivity index (χ1) is 17.6. The van der Waals surface area contributed by atoms with E-state index in [2.05, 4.69) is 21.2 Å². The van der Waals surface area contributed by atoms with Gasteiger partial charge in [0.25, 0.3) is 0 Å². The molecular formula is C26H18BrCl3F4N2O2. The van der Waals surface area contributed by atoms with E-state index in [-0.39, 0.29) is 34.0 Å². The lowest BCUT2D eigenvalue weighted by molar-refractivity contribution is -0.140. The fourth-order valence-electron chi connectivity index (χ4n) is 4.27. The highest BCUT2D eigenvalue weighted by atomic mass is 79.9. The van der Waals surface area contributed by atoms with Crippen molar-refractivity contribution in [1.82, 2.24) is 0 Å². The Morgan fingerprint density at radius 1 is 1.11 bits per heavy atom. The maximum absolute atomic E-state index is 13.7. The molecule has 2 atom stereocenters. The quantitative estimate of drug-likeness (QED) is 0.122. The van der Waals surface area contributed by atoms with Crippen LogP contribution in [0.15, 0.2) is 53.0 Å². The van der Waals surface area contributed by atoms with Crippen LogP contribution in [0.5, 0.6) is 0 Å². The van der Waals surface area contributed by atoms with E-state index in [1.54, 1.807) is 19.1 Å². The van der Waals surface area contributed by atoms with E-state index < -0.39 is 39.6 Å². The number of nitrogens with two attached hydrogens (primary N) is 1. The van der Waals surface area contributed by atoms with Crippen molar-refractivity contribution in [2.75, 3.05) is 11.1 Å². The van der Waals surface area contributed by atoms with Crippen molar-refractivity contribution in [1.29, 1.82) is 0 Å². The zero-order valence-electron chi connectivity index (χ0n) is 19.4. The molecule has 0 unspecified atom stereocenters. The topological polar surface area (TPSA) is 72.2 Å². The molecule has 0 saturated heterocycles. The van der Waals surface area contributed by atoms with E-state index in [1.807, 2.05) is 0 Å². The Morgan fingerprint density at radius 2 is 1.79 bits per heavy atom. The highest BCUT2D eigenvalue weighted by Crippen LogP contribution is 2.65. The van der Waals surface area contributed by atoms with Crippen LogP contribution >= 0.6 is 50.7 Å². The third kappa shape index (κ3) is 5.52. The molecule has 0 bridgehead atoms. The summed E-state index contributed by atoms with van der Waals surface area (Å²) in [5, 5.41) is 2.75. The molecule has 1 aliphatic carbocycles. The van der Waals surface area contributed by atoms with Gasteiger partial charge in [0.15, 0.2) is 5.78 Å². The average Bonchev–Trinajstić information content (AvgIpc) is 3.41. The van der Waals surface area contributed by atoms with Crippen molar-refractivity contribution in [2.45, 2.75) is 29.8 Å². The molecule has 3 aromatic carbocycles. The molecule has 0 heterocycles. The highest BCUT2D eigenvalue weighted by Gasteiger charge is 2.67. The molecule has 12 heteroatoms. The van der Waals surface area contributed by atoms with Gasteiger partial charge in [-0.15, -0.1) is 23.2 Å². The van der Waals surface area contributed by atoms with Crippen LogP contribution in [0.4, 0.5) is 28.9 Å². The first kappa shape index (κ1) is 28.7. The fraction of sp³-hybridized carbons (Fsp3) is 0.231. The number of anilines is 2. The summed E-state index contributed by atoms with van der Waals surface area (Å²) in [7, 11) is 0. The Labute approximate surface area is 238 Å². The number of nitrogens with one attached hydrogen (secondary N) is 1. The van der Waals surface area contributed by atoms with Crippen LogP contribution in [0.1, 0.15) is 38.5 Å². The molecule has 4 rings (SSSR count). The Bertz CT molecular complexity index is 1460. The van der Waals surface area contributed by atoms with Crippen LogP contribution in [0, 0.1) is 18.7 Å². The van der Waals surface area contributed by atoms with E-state index in [1.165, 1.54) is 18.2 Å². The second kappa shape index (κ2) is 10.3. The summed E-state index contributed by atoms with van der Waals surface area (Å²) in [6.07, 6.45) is -4.95. The van der Waals surface area contributed by atoms with Crippen molar-refractivity contribution < 1.29 is 27.2 Å². The molecule has 1 fully saturated rings. The van der Waals surface area contributed by atoms with E-state index >= 15 is 0 Å². The highest BCUT2D eigenvalue weighted by molar-refractivity contribution is 9.10. The number of rotatable bonds is 6. The number of alkyl halides is 5. The summed E-state index contributed by atoms with van der Waals surface area (Å²) >= 11 is 22.2. The van der Waals surface area contributed by atoms with Gasteiger partial charge in [0.05, 0.1) is 16.5 Å². The SMILES string of the molecule is Cc1c(N)ccc(Br)c1CC(=O)c1cc(NC(=O)[C@H]2[C@H](c3ccc(F)c(C(F)(F)F)c3)C2(Cl)Cl)ccc1Cl. The first-order valence-electron chi connectivity index (χ1n) is 11.0. The molecule has 1 amide bonds. The molecular weight excluding hydrogens is 635 g/mol. The minimum absolute atomic E-state index is 0.0160. The number of amides is 1. The summed E-state index contributed by atoms with van der Waals surface area (Å²) < 4.78 is 52.2.